The molecule has 1 rings (SSSR count). The van der Waals surface area contributed by atoms with E-state index in [1.54, 1.807) is 0 Å². The van der Waals surface area contributed by atoms with Gasteiger partial charge in [0.2, 0.25) is 5.91 Å². The third-order valence-electron chi connectivity index (χ3n) is 2.05. The Balaban J connectivity index is 1.98. The Bertz CT molecular complexity index is 122. The van der Waals surface area contributed by atoms with Crippen LogP contribution in [0, 0.1) is 5.92 Å². The Labute approximate surface area is 62.0 Å². The van der Waals surface area contributed by atoms with Crippen molar-refractivity contribution in [2.75, 3.05) is 6.54 Å². The minimum Gasteiger partial charge on any atom is -0.355 e. The highest BCUT2D eigenvalue weighted by Crippen LogP contribution is 2.14. The summed E-state index contributed by atoms with van der Waals surface area (Å²) < 4.78 is 0. The second-order valence-electron chi connectivity index (χ2n) is 2.94. The van der Waals surface area contributed by atoms with Crippen LogP contribution in [0.4, 0.5) is 0 Å². The highest BCUT2D eigenvalue weighted by molar-refractivity contribution is 5.84. The number of amides is 1. The second kappa shape index (κ2) is 3.59. The topological polar surface area (TPSA) is 29.1 Å². The zero-order valence-corrected chi connectivity index (χ0v) is 6.52. The third-order valence-corrected chi connectivity index (χ3v) is 2.05. The quantitative estimate of drug-likeness (QED) is 0.464. The molecule has 58 valence electrons. The monoisotopic (exact) mass is 141 g/mol. The SMILES string of the molecule is CCCCC[C@@H]1CNC1=O. The minimum atomic E-state index is 0.260. The number of carbonyl (C=O) groups is 1. The van der Waals surface area contributed by atoms with Crippen LogP contribution in [-0.2, 0) is 4.79 Å². The van der Waals surface area contributed by atoms with Crippen molar-refractivity contribution < 1.29 is 4.79 Å². The van der Waals surface area contributed by atoms with Gasteiger partial charge in [-0.3, -0.25) is 4.79 Å². The van der Waals surface area contributed by atoms with E-state index in [9.17, 15) is 4.79 Å². The van der Waals surface area contributed by atoms with Gasteiger partial charge in [-0.05, 0) is 6.42 Å². The standard InChI is InChI=1S/C8H15NO/c1-2-3-4-5-7-6-9-8(7)10/h7H,2-6H2,1H3,(H,9,10)/t7-/m1/s1. The molecule has 0 aromatic heterocycles. The maximum atomic E-state index is 10.7. The molecule has 0 spiro atoms. The molecule has 1 aliphatic heterocycles. The van der Waals surface area contributed by atoms with Crippen LogP contribution in [0.3, 0.4) is 0 Å². The molecule has 10 heavy (non-hydrogen) atoms. The minimum absolute atomic E-state index is 0.260. The second-order valence-corrected chi connectivity index (χ2v) is 2.94. The van der Waals surface area contributed by atoms with Gasteiger partial charge in [0.15, 0.2) is 0 Å². The molecule has 0 radical (unpaired) electrons. The van der Waals surface area contributed by atoms with E-state index >= 15 is 0 Å². The maximum Gasteiger partial charge on any atom is 0.224 e. The first-order valence-corrected chi connectivity index (χ1v) is 4.12. The lowest BCUT2D eigenvalue weighted by atomic mass is 9.95. The molecular formula is C8H15NO. The Morgan fingerprint density at radius 1 is 1.60 bits per heavy atom. The number of hydrogen-bond acceptors (Lipinski definition) is 1. The molecule has 1 heterocycles. The number of hydrogen-bond donors (Lipinski definition) is 1. The number of β-lactam (4-membered cyclic amide) rings is 1. The summed E-state index contributed by atoms with van der Waals surface area (Å²) in [5.74, 6) is 0.614. The van der Waals surface area contributed by atoms with Crippen molar-refractivity contribution in [3.8, 4) is 0 Å². The van der Waals surface area contributed by atoms with Crippen LogP contribution in [0.2, 0.25) is 0 Å². The van der Waals surface area contributed by atoms with Gasteiger partial charge >= 0.3 is 0 Å². The molecule has 1 aliphatic rings. The van der Waals surface area contributed by atoms with Gasteiger partial charge in [0.25, 0.3) is 0 Å². The smallest absolute Gasteiger partial charge is 0.224 e. The average molecular weight is 141 g/mol. The summed E-state index contributed by atoms with van der Waals surface area (Å²) in [6.45, 7) is 3.10. The summed E-state index contributed by atoms with van der Waals surface area (Å²) in [6.07, 6.45) is 4.83. The molecule has 0 bridgehead atoms. The van der Waals surface area contributed by atoms with Gasteiger partial charge in [-0.1, -0.05) is 26.2 Å². The van der Waals surface area contributed by atoms with Gasteiger partial charge in [-0.15, -0.1) is 0 Å². The van der Waals surface area contributed by atoms with E-state index < -0.39 is 0 Å². The fraction of sp³-hybridized carbons (Fsp3) is 0.875. The van der Waals surface area contributed by atoms with Gasteiger partial charge in [-0.2, -0.15) is 0 Å². The van der Waals surface area contributed by atoms with Crippen LogP contribution in [0.25, 0.3) is 0 Å². The van der Waals surface area contributed by atoms with Crippen molar-refractivity contribution in [2.45, 2.75) is 32.6 Å². The van der Waals surface area contributed by atoms with Crippen molar-refractivity contribution in [2.24, 2.45) is 5.92 Å². The molecule has 0 saturated carbocycles. The summed E-state index contributed by atoms with van der Waals surface area (Å²) in [5, 5.41) is 2.75. The van der Waals surface area contributed by atoms with Gasteiger partial charge in [0.05, 0.1) is 5.92 Å². The molecule has 1 atom stereocenters. The maximum absolute atomic E-state index is 10.7. The summed E-state index contributed by atoms with van der Waals surface area (Å²) in [7, 11) is 0. The first-order valence-electron chi connectivity index (χ1n) is 4.12. The lowest BCUT2D eigenvalue weighted by Crippen LogP contribution is -2.48. The van der Waals surface area contributed by atoms with E-state index in [-0.39, 0.29) is 5.91 Å². The van der Waals surface area contributed by atoms with Gasteiger partial charge in [0.1, 0.15) is 0 Å². The van der Waals surface area contributed by atoms with Crippen LogP contribution >= 0.6 is 0 Å². The lowest BCUT2D eigenvalue weighted by molar-refractivity contribution is -0.131. The molecule has 0 aliphatic carbocycles. The van der Waals surface area contributed by atoms with E-state index in [0.29, 0.717) is 5.92 Å². The van der Waals surface area contributed by atoms with Crippen LogP contribution in [-0.4, -0.2) is 12.5 Å². The Hall–Kier alpha value is -0.530. The lowest BCUT2D eigenvalue weighted by Gasteiger charge is -2.25. The predicted octanol–water partition coefficient (Wildman–Crippen LogP) is 1.31. The van der Waals surface area contributed by atoms with E-state index in [1.165, 1.54) is 19.3 Å². The fourth-order valence-electron chi connectivity index (χ4n) is 1.20. The fourth-order valence-corrected chi connectivity index (χ4v) is 1.20. The van der Waals surface area contributed by atoms with E-state index in [0.717, 1.165) is 13.0 Å². The molecule has 0 aromatic rings. The summed E-state index contributed by atoms with van der Waals surface area (Å²) in [4.78, 5) is 10.7. The van der Waals surface area contributed by atoms with Gasteiger partial charge < -0.3 is 5.32 Å². The summed E-state index contributed by atoms with van der Waals surface area (Å²) >= 11 is 0. The number of carbonyl (C=O) groups excluding carboxylic acids is 1. The highest BCUT2D eigenvalue weighted by atomic mass is 16.2. The summed E-state index contributed by atoms with van der Waals surface area (Å²) in [5.41, 5.74) is 0. The summed E-state index contributed by atoms with van der Waals surface area (Å²) in [6, 6.07) is 0. The van der Waals surface area contributed by atoms with Crippen LogP contribution in [0.15, 0.2) is 0 Å². The number of unbranched alkanes of at least 4 members (excludes halogenated alkanes) is 2. The first-order chi connectivity index (χ1) is 4.84. The van der Waals surface area contributed by atoms with E-state index in [1.807, 2.05) is 0 Å². The Morgan fingerprint density at radius 2 is 2.40 bits per heavy atom. The molecule has 0 aromatic carbocycles. The van der Waals surface area contributed by atoms with Crippen molar-refractivity contribution in [1.29, 1.82) is 0 Å². The first kappa shape index (κ1) is 7.58. The van der Waals surface area contributed by atoms with Crippen molar-refractivity contribution in [1.82, 2.24) is 5.32 Å². The Morgan fingerprint density at radius 3 is 2.80 bits per heavy atom. The molecule has 1 fully saturated rings. The zero-order valence-electron chi connectivity index (χ0n) is 6.52. The third kappa shape index (κ3) is 1.72. The van der Waals surface area contributed by atoms with E-state index in [4.69, 9.17) is 0 Å². The molecule has 1 amide bonds. The number of nitrogens with one attached hydrogen (secondary N) is 1. The zero-order chi connectivity index (χ0) is 7.40. The van der Waals surface area contributed by atoms with Gasteiger partial charge in [0, 0.05) is 6.54 Å². The molecule has 0 unspecified atom stereocenters. The molecule has 2 heteroatoms. The number of rotatable bonds is 4. The van der Waals surface area contributed by atoms with Crippen LogP contribution < -0.4 is 5.32 Å². The Kier molecular flexibility index (Phi) is 2.72. The highest BCUT2D eigenvalue weighted by Gasteiger charge is 2.26. The molecule has 2 nitrogen and oxygen atoms in total. The van der Waals surface area contributed by atoms with Crippen molar-refractivity contribution in [3.63, 3.8) is 0 Å². The predicted molar refractivity (Wildman–Crippen MR) is 40.6 cm³/mol. The van der Waals surface area contributed by atoms with Crippen LogP contribution in [0.5, 0.6) is 0 Å². The average Bonchev–Trinajstić information content (AvgIpc) is 1.95. The largest absolute Gasteiger partial charge is 0.355 e. The normalized spacial score (nSPS) is 23.7. The van der Waals surface area contributed by atoms with Crippen LogP contribution in [0.1, 0.15) is 32.6 Å². The molecule has 1 saturated heterocycles. The van der Waals surface area contributed by atoms with Crippen molar-refractivity contribution >= 4 is 5.91 Å². The van der Waals surface area contributed by atoms with E-state index in [2.05, 4.69) is 12.2 Å². The van der Waals surface area contributed by atoms with Crippen molar-refractivity contribution in [3.05, 3.63) is 0 Å². The molecule has 1 N–H and O–H groups in total. The van der Waals surface area contributed by atoms with Gasteiger partial charge in [-0.25, -0.2) is 0 Å². The molecular weight excluding hydrogens is 126 g/mol.